The van der Waals surface area contributed by atoms with Gasteiger partial charge in [-0.1, -0.05) is 19.3 Å². The normalized spacial score (nSPS) is 48.3. The van der Waals surface area contributed by atoms with Gasteiger partial charge >= 0.3 is 0 Å². The molecule has 0 unspecified atom stereocenters. The van der Waals surface area contributed by atoms with E-state index >= 15 is 0 Å². The molecule has 4 rings (SSSR count). The lowest BCUT2D eigenvalue weighted by Crippen LogP contribution is -2.54. The van der Waals surface area contributed by atoms with Crippen molar-refractivity contribution in [2.24, 2.45) is 17.8 Å². The van der Waals surface area contributed by atoms with Crippen LogP contribution in [0, 0.1) is 17.8 Å². The van der Waals surface area contributed by atoms with Crippen molar-refractivity contribution in [2.75, 3.05) is 19.7 Å². The molecule has 3 aliphatic carbocycles. The third-order valence-electron chi connectivity index (χ3n) is 6.20. The predicted molar refractivity (Wildman–Crippen MR) is 72.5 cm³/mol. The summed E-state index contributed by atoms with van der Waals surface area (Å²) in [5.74, 6) is 3.22. The fraction of sp³-hybridized carbons (Fsp3) is 1.00. The zero-order valence-corrected chi connectivity index (χ0v) is 11.5. The number of hydrogen-bond acceptors (Lipinski definition) is 2. The molecule has 0 aromatic heterocycles. The minimum atomic E-state index is 0.575. The standard InChI is InChI=1S/C16H27NO/c1-2-4-16-15(3-1)17(7-8-18-16)11-14-10-12-5-6-13(14)9-12/h12-16H,1-11H2/t12-,13-,14+,15+,16+/m0/s1. The van der Waals surface area contributed by atoms with Crippen LogP contribution in [-0.2, 0) is 4.74 Å². The molecule has 0 aromatic rings. The first-order valence-corrected chi connectivity index (χ1v) is 8.26. The second-order valence-corrected chi connectivity index (χ2v) is 7.19. The molecule has 5 atom stereocenters. The predicted octanol–water partition coefficient (Wildman–Crippen LogP) is 3.07. The number of rotatable bonds is 2. The molecule has 1 aliphatic heterocycles. The van der Waals surface area contributed by atoms with E-state index in [-0.39, 0.29) is 0 Å². The molecular weight excluding hydrogens is 222 g/mol. The van der Waals surface area contributed by atoms with Gasteiger partial charge in [-0.25, -0.2) is 0 Å². The summed E-state index contributed by atoms with van der Waals surface area (Å²) in [6.45, 7) is 3.59. The minimum Gasteiger partial charge on any atom is -0.375 e. The molecule has 0 spiro atoms. The molecule has 1 heterocycles. The number of nitrogens with zero attached hydrogens (tertiary/aromatic N) is 1. The Morgan fingerprint density at radius 2 is 1.94 bits per heavy atom. The van der Waals surface area contributed by atoms with Crippen molar-refractivity contribution >= 4 is 0 Å². The lowest BCUT2D eigenvalue weighted by Gasteiger charge is -2.45. The van der Waals surface area contributed by atoms with Gasteiger partial charge in [-0.15, -0.1) is 0 Å². The number of fused-ring (bicyclic) bond motifs is 3. The van der Waals surface area contributed by atoms with Gasteiger partial charge in [-0.2, -0.15) is 0 Å². The summed E-state index contributed by atoms with van der Waals surface area (Å²) in [7, 11) is 0. The molecule has 4 aliphatic rings. The molecule has 102 valence electrons. The molecule has 18 heavy (non-hydrogen) atoms. The lowest BCUT2D eigenvalue weighted by atomic mass is 9.85. The van der Waals surface area contributed by atoms with Crippen molar-refractivity contribution in [3.8, 4) is 0 Å². The molecule has 0 aromatic carbocycles. The number of hydrogen-bond donors (Lipinski definition) is 0. The number of ether oxygens (including phenoxy) is 1. The SMILES string of the molecule is C1CC[C@H]2OCCN(C[C@H]3C[C@H]4CC[C@H]3C4)[C@@H]2C1. The molecule has 4 fully saturated rings. The Balaban J connectivity index is 1.41. The van der Waals surface area contributed by atoms with Crippen molar-refractivity contribution in [1.82, 2.24) is 4.90 Å². The molecule has 0 radical (unpaired) electrons. The molecule has 0 amide bonds. The molecule has 3 saturated carbocycles. The van der Waals surface area contributed by atoms with E-state index in [2.05, 4.69) is 4.90 Å². The Kier molecular flexibility index (Phi) is 3.12. The average molecular weight is 249 g/mol. The van der Waals surface area contributed by atoms with Crippen LogP contribution in [0.3, 0.4) is 0 Å². The first kappa shape index (κ1) is 11.7. The van der Waals surface area contributed by atoms with Crippen LogP contribution in [0.4, 0.5) is 0 Å². The van der Waals surface area contributed by atoms with Crippen LogP contribution in [0.15, 0.2) is 0 Å². The van der Waals surface area contributed by atoms with E-state index in [1.165, 1.54) is 51.6 Å². The first-order valence-electron chi connectivity index (χ1n) is 8.26. The van der Waals surface area contributed by atoms with Gasteiger partial charge in [0.25, 0.3) is 0 Å². The highest BCUT2D eigenvalue weighted by Gasteiger charge is 2.42. The minimum absolute atomic E-state index is 0.575. The van der Waals surface area contributed by atoms with Crippen LogP contribution in [0.25, 0.3) is 0 Å². The van der Waals surface area contributed by atoms with Crippen molar-refractivity contribution in [1.29, 1.82) is 0 Å². The lowest BCUT2D eigenvalue weighted by molar-refractivity contribution is -0.0937. The summed E-state index contributed by atoms with van der Waals surface area (Å²) < 4.78 is 6.00. The van der Waals surface area contributed by atoms with Gasteiger partial charge < -0.3 is 4.74 Å². The van der Waals surface area contributed by atoms with E-state index in [1.807, 2.05) is 0 Å². The Bertz CT molecular complexity index is 303. The second-order valence-electron chi connectivity index (χ2n) is 7.19. The van der Waals surface area contributed by atoms with E-state index < -0.39 is 0 Å². The van der Waals surface area contributed by atoms with Crippen LogP contribution >= 0.6 is 0 Å². The van der Waals surface area contributed by atoms with Crippen LogP contribution in [-0.4, -0.2) is 36.7 Å². The zero-order valence-electron chi connectivity index (χ0n) is 11.5. The Labute approximate surface area is 111 Å². The van der Waals surface area contributed by atoms with Crippen molar-refractivity contribution in [3.63, 3.8) is 0 Å². The largest absolute Gasteiger partial charge is 0.375 e. The zero-order chi connectivity index (χ0) is 11.9. The molecule has 2 nitrogen and oxygen atoms in total. The summed E-state index contributed by atoms with van der Waals surface area (Å²) in [5, 5.41) is 0. The molecule has 1 saturated heterocycles. The Hall–Kier alpha value is -0.0800. The van der Waals surface area contributed by atoms with Gasteiger partial charge in [0.15, 0.2) is 0 Å². The Morgan fingerprint density at radius 3 is 2.78 bits per heavy atom. The highest BCUT2D eigenvalue weighted by Crippen LogP contribution is 2.48. The van der Waals surface area contributed by atoms with Crippen molar-refractivity contribution in [3.05, 3.63) is 0 Å². The van der Waals surface area contributed by atoms with Gasteiger partial charge in [-0.3, -0.25) is 4.90 Å². The average Bonchev–Trinajstić information content (AvgIpc) is 3.01. The highest BCUT2D eigenvalue weighted by atomic mass is 16.5. The van der Waals surface area contributed by atoms with Crippen LogP contribution in [0.5, 0.6) is 0 Å². The summed E-state index contributed by atoms with van der Waals surface area (Å²) in [5.41, 5.74) is 0. The fourth-order valence-corrected chi connectivity index (χ4v) is 5.30. The number of morpholine rings is 1. The topological polar surface area (TPSA) is 12.5 Å². The van der Waals surface area contributed by atoms with Gasteiger partial charge in [0.2, 0.25) is 0 Å². The first-order chi connectivity index (χ1) is 8.90. The summed E-state index contributed by atoms with van der Waals surface area (Å²) in [6.07, 6.45) is 12.3. The van der Waals surface area contributed by atoms with Gasteiger partial charge in [0.05, 0.1) is 12.7 Å². The third-order valence-corrected chi connectivity index (χ3v) is 6.20. The van der Waals surface area contributed by atoms with Crippen LogP contribution < -0.4 is 0 Å². The van der Waals surface area contributed by atoms with Gasteiger partial charge in [0.1, 0.15) is 0 Å². The molecular formula is C16H27NO. The third kappa shape index (κ3) is 2.02. The van der Waals surface area contributed by atoms with Gasteiger partial charge in [0, 0.05) is 19.1 Å². The fourth-order valence-electron chi connectivity index (χ4n) is 5.30. The highest BCUT2D eigenvalue weighted by molar-refractivity contribution is 4.94. The molecule has 2 bridgehead atoms. The van der Waals surface area contributed by atoms with Crippen LogP contribution in [0.2, 0.25) is 0 Å². The van der Waals surface area contributed by atoms with Gasteiger partial charge in [-0.05, 0) is 49.9 Å². The monoisotopic (exact) mass is 249 g/mol. The van der Waals surface area contributed by atoms with Crippen molar-refractivity contribution in [2.45, 2.75) is 63.5 Å². The summed E-state index contributed by atoms with van der Waals surface area (Å²) in [4.78, 5) is 2.82. The van der Waals surface area contributed by atoms with E-state index in [1.54, 1.807) is 12.8 Å². The van der Waals surface area contributed by atoms with E-state index in [9.17, 15) is 0 Å². The summed E-state index contributed by atoms with van der Waals surface area (Å²) >= 11 is 0. The van der Waals surface area contributed by atoms with E-state index in [0.29, 0.717) is 6.10 Å². The molecule has 2 heteroatoms. The van der Waals surface area contributed by atoms with E-state index in [4.69, 9.17) is 4.74 Å². The Morgan fingerprint density at radius 1 is 1.00 bits per heavy atom. The maximum atomic E-state index is 6.00. The quantitative estimate of drug-likeness (QED) is 0.746. The molecule has 0 N–H and O–H groups in total. The maximum Gasteiger partial charge on any atom is 0.0730 e. The smallest absolute Gasteiger partial charge is 0.0730 e. The van der Waals surface area contributed by atoms with Crippen molar-refractivity contribution < 1.29 is 4.74 Å². The maximum absolute atomic E-state index is 6.00. The summed E-state index contributed by atoms with van der Waals surface area (Å²) in [6, 6.07) is 0.770. The van der Waals surface area contributed by atoms with Crippen LogP contribution in [0.1, 0.15) is 51.4 Å². The van der Waals surface area contributed by atoms with E-state index in [0.717, 1.165) is 30.4 Å². The second kappa shape index (κ2) is 4.79.